The summed E-state index contributed by atoms with van der Waals surface area (Å²) >= 11 is 6.11. The van der Waals surface area contributed by atoms with E-state index in [4.69, 9.17) is 16.7 Å². The Morgan fingerprint density at radius 1 is 1.21 bits per heavy atom. The fraction of sp³-hybridized carbons (Fsp3) is 0. The van der Waals surface area contributed by atoms with Crippen LogP contribution in [0.2, 0.25) is 5.02 Å². The Labute approximate surface area is 113 Å². The van der Waals surface area contributed by atoms with Gasteiger partial charge in [-0.05, 0) is 30.3 Å². The molecular formula is C13H8ClN3O2. The first-order valence-electron chi connectivity index (χ1n) is 5.50. The van der Waals surface area contributed by atoms with Crippen molar-refractivity contribution in [3.05, 3.63) is 53.1 Å². The number of nitrogens with zero attached hydrogens (tertiary/aromatic N) is 3. The highest BCUT2D eigenvalue weighted by Crippen LogP contribution is 2.24. The first-order chi connectivity index (χ1) is 9.16. The zero-order valence-electron chi connectivity index (χ0n) is 9.62. The quantitative estimate of drug-likeness (QED) is 0.779. The van der Waals surface area contributed by atoms with Crippen LogP contribution in [-0.4, -0.2) is 26.1 Å². The maximum atomic E-state index is 10.9. The van der Waals surface area contributed by atoms with Crippen molar-refractivity contribution in [3.63, 3.8) is 0 Å². The van der Waals surface area contributed by atoms with Gasteiger partial charge in [0.1, 0.15) is 5.52 Å². The summed E-state index contributed by atoms with van der Waals surface area (Å²) in [6.07, 6.45) is 0. The summed E-state index contributed by atoms with van der Waals surface area (Å²) < 4.78 is 1.59. The lowest BCUT2D eigenvalue weighted by Crippen LogP contribution is -2.01. The van der Waals surface area contributed by atoms with E-state index in [2.05, 4.69) is 10.3 Å². The van der Waals surface area contributed by atoms with Gasteiger partial charge in [-0.25, -0.2) is 9.48 Å². The monoisotopic (exact) mass is 273 g/mol. The first-order valence-corrected chi connectivity index (χ1v) is 5.88. The van der Waals surface area contributed by atoms with Crippen LogP contribution in [0.1, 0.15) is 10.4 Å². The van der Waals surface area contributed by atoms with Crippen molar-refractivity contribution in [1.29, 1.82) is 0 Å². The summed E-state index contributed by atoms with van der Waals surface area (Å²) in [5.74, 6) is -1.02. The highest BCUT2D eigenvalue weighted by Gasteiger charge is 2.11. The summed E-state index contributed by atoms with van der Waals surface area (Å²) in [5, 5.41) is 17.3. The molecule has 0 bridgehead atoms. The lowest BCUT2D eigenvalue weighted by atomic mass is 10.2. The average Bonchev–Trinajstić information content (AvgIpc) is 2.82. The molecule has 5 nitrogen and oxygen atoms in total. The molecule has 2 aromatic carbocycles. The number of rotatable bonds is 2. The summed E-state index contributed by atoms with van der Waals surface area (Å²) in [5.41, 5.74) is 2.30. The fourth-order valence-electron chi connectivity index (χ4n) is 1.86. The van der Waals surface area contributed by atoms with Crippen LogP contribution in [0.5, 0.6) is 0 Å². The van der Waals surface area contributed by atoms with Gasteiger partial charge in [0.15, 0.2) is 0 Å². The predicted molar refractivity (Wildman–Crippen MR) is 70.8 cm³/mol. The summed E-state index contributed by atoms with van der Waals surface area (Å²) in [6.45, 7) is 0. The minimum absolute atomic E-state index is 0.137. The number of carbonyl (C=O) groups is 1. The van der Waals surface area contributed by atoms with E-state index in [1.54, 1.807) is 10.7 Å². The number of halogens is 1. The molecule has 0 spiro atoms. The van der Waals surface area contributed by atoms with Crippen molar-refractivity contribution in [2.24, 2.45) is 0 Å². The summed E-state index contributed by atoms with van der Waals surface area (Å²) in [7, 11) is 0. The minimum Gasteiger partial charge on any atom is -0.478 e. The third-order valence-corrected chi connectivity index (χ3v) is 3.08. The molecule has 0 fully saturated rings. The number of benzene rings is 2. The zero-order chi connectivity index (χ0) is 13.4. The Hall–Kier alpha value is -2.40. The van der Waals surface area contributed by atoms with E-state index in [0.29, 0.717) is 10.7 Å². The van der Waals surface area contributed by atoms with E-state index in [9.17, 15) is 4.79 Å². The molecule has 19 heavy (non-hydrogen) atoms. The second-order valence-electron chi connectivity index (χ2n) is 3.96. The van der Waals surface area contributed by atoms with Gasteiger partial charge >= 0.3 is 5.97 Å². The predicted octanol–water partition coefficient (Wildman–Crippen LogP) is 2.77. The topological polar surface area (TPSA) is 68.0 Å². The second kappa shape index (κ2) is 4.37. The number of aromatic nitrogens is 3. The lowest BCUT2D eigenvalue weighted by molar-refractivity contribution is 0.0697. The van der Waals surface area contributed by atoms with Gasteiger partial charge in [-0.2, -0.15) is 0 Å². The van der Waals surface area contributed by atoms with Crippen LogP contribution in [-0.2, 0) is 0 Å². The number of hydrogen-bond donors (Lipinski definition) is 1. The van der Waals surface area contributed by atoms with E-state index in [-0.39, 0.29) is 5.56 Å². The molecule has 1 N–H and O–H groups in total. The highest BCUT2D eigenvalue weighted by molar-refractivity contribution is 6.32. The molecule has 0 aliphatic carbocycles. The van der Waals surface area contributed by atoms with Crippen LogP contribution in [0.4, 0.5) is 0 Å². The van der Waals surface area contributed by atoms with Crippen molar-refractivity contribution in [2.75, 3.05) is 0 Å². The maximum absolute atomic E-state index is 10.9. The number of carboxylic acid groups (broad SMARTS) is 1. The zero-order valence-corrected chi connectivity index (χ0v) is 10.4. The molecule has 0 saturated carbocycles. The molecule has 6 heteroatoms. The smallest absolute Gasteiger partial charge is 0.335 e. The molecule has 0 aliphatic heterocycles. The number of aromatic carboxylic acids is 1. The molecule has 0 amide bonds. The normalized spacial score (nSPS) is 10.8. The van der Waals surface area contributed by atoms with Gasteiger partial charge in [0, 0.05) is 0 Å². The van der Waals surface area contributed by atoms with Gasteiger partial charge in [0.25, 0.3) is 0 Å². The van der Waals surface area contributed by atoms with Crippen molar-refractivity contribution in [3.8, 4) is 5.69 Å². The van der Waals surface area contributed by atoms with Gasteiger partial charge < -0.3 is 5.11 Å². The van der Waals surface area contributed by atoms with Gasteiger partial charge in [0.2, 0.25) is 0 Å². The SMILES string of the molecule is O=C(O)c1ccc(-n2nnc3ccccc32)c(Cl)c1. The summed E-state index contributed by atoms with van der Waals surface area (Å²) in [6, 6.07) is 12.0. The Morgan fingerprint density at radius 2 is 2.00 bits per heavy atom. The largest absolute Gasteiger partial charge is 0.478 e. The second-order valence-corrected chi connectivity index (χ2v) is 4.37. The van der Waals surface area contributed by atoms with Gasteiger partial charge in [-0.15, -0.1) is 5.10 Å². The number of para-hydroxylation sites is 1. The van der Waals surface area contributed by atoms with Gasteiger partial charge in [0.05, 0.1) is 21.8 Å². The number of hydrogen-bond acceptors (Lipinski definition) is 3. The number of carboxylic acids is 1. The highest BCUT2D eigenvalue weighted by atomic mass is 35.5. The van der Waals surface area contributed by atoms with Gasteiger partial charge in [-0.1, -0.05) is 28.9 Å². The van der Waals surface area contributed by atoms with Crippen molar-refractivity contribution >= 4 is 28.6 Å². The molecule has 1 heterocycles. The molecular weight excluding hydrogens is 266 g/mol. The molecule has 94 valence electrons. The van der Waals surface area contributed by atoms with Crippen LogP contribution in [0, 0.1) is 0 Å². The molecule has 3 rings (SSSR count). The molecule has 0 aliphatic rings. The first kappa shape index (κ1) is 11.7. The minimum atomic E-state index is -1.02. The Balaban J connectivity index is 2.19. The van der Waals surface area contributed by atoms with Crippen molar-refractivity contribution in [1.82, 2.24) is 15.0 Å². The molecule has 1 aromatic heterocycles. The van der Waals surface area contributed by atoms with E-state index in [0.717, 1.165) is 11.0 Å². The maximum Gasteiger partial charge on any atom is 0.335 e. The summed E-state index contributed by atoms with van der Waals surface area (Å²) in [4.78, 5) is 10.9. The Bertz CT molecular complexity index is 782. The number of fused-ring (bicyclic) bond motifs is 1. The van der Waals surface area contributed by atoms with Crippen molar-refractivity contribution < 1.29 is 9.90 Å². The van der Waals surface area contributed by atoms with E-state index >= 15 is 0 Å². The fourth-order valence-corrected chi connectivity index (χ4v) is 2.12. The lowest BCUT2D eigenvalue weighted by Gasteiger charge is -2.05. The molecule has 0 atom stereocenters. The van der Waals surface area contributed by atoms with Crippen LogP contribution in [0.15, 0.2) is 42.5 Å². The van der Waals surface area contributed by atoms with E-state index in [1.165, 1.54) is 12.1 Å². The Morgan fingerprint density at radius 3 is 2.74 bits per heavy atom. The van der Waals surface area contributed by atoms with Gasteiger partial charge in [-0.3, -0.25) is 0 Å². The molecule has 0 saturated heterocycles. The standard InChI is InChI=1S/C13H8ClN3O2/c14-9-7-8(13(18)19)5-6-11(9)17-12-4-2-1-3-10(12)15-16-17/h1-7H,(H,18,19). The van der Waals surface area contributed by atoms with Crippen LogP contribution < -0.4 is 0 Å². The molecule has 3 aromatic rings. The molecule has 0 unspecified atom stereocenters. The van der Waals surface area contributed by atoms with Crippen LogP contribution in [0.25, 0.3) is 16.7 Å². The van der Waals surface area contributed by atoms with E-state index < -0.39 is 5.97 Å². The van der Waals surface area contributed by atoms with Crippen LogP contribution >= 0.6 is 11.6 Å². The van der Waals surface area contributed by atoms with Crippen LogP contribution in [0.3, 0.4) is 0 Å². The molecule has 0 radical (unpaired) electrons. The van der Waals surface area contributed by atoms with E-state index in [1.807, 2.05) is 24.3 Å². The Kier molecular flexibility index (Phi) is 2.68. The third kappa shape index (κ3) is 1.94. The average molecular weight is 274 g/mol. The third-order valence-electron chi connectivity index (χ3n) is 2.77. The van der Waals surface area contributed by atoms with Crippen molar-refractivity contribution in [2.45, 2.75) is 0 Å².